The number of ether oxygens (including phenoxy) is 1. The molecule has 3 rings (SSSR count). The summed E-state index contributed by atoms with van der Waals surface area (Å²) in [6.45, 7) is 1.59. The molecule has 1 amide bonds. The Balaban J connectivity index is 1.48. The second-order valence-corrected chi connectivity index (χ2v) is 6.54. The van der Waals surface area contributed by atoms with Gasteiger partial charge in [0.05, 0.1) is 6.42 Å². The number of fused-ring (bicyclic) bond motifs is 1. The van der Waals surface area contributed by atoms with Crippen LogP contribution in [0.25, 0.3) is 0 Å². The highest BCUT2D eigenvalue weighted by atomic mass is 19.1. The van der Waals surface area contributed by atoms with E-state index in [1.54, 1.807) is 4.90 Å². The third-order valence-electron chi connectivity index (χ3n) is 4.55. The van der Waals surface area contributed by atoms with Crippen molar-refractivity contribution in [3.05, 3.63) is 65.5 Å². The van der Waals surface area contributed by atoms with Crippen LogP contribution in [0.4, 0.5) is 10.1 Å². The van der Waals surface area contributed by atoms with Crippen molar-refractivity contribution < 1.29 is 23.5 Å². The third kappa shape index (κ3) is 4.39. The summed E-state index contributed by atoms with van der Waals surface area (Å²) in [6.07, 6.45) is 0.583. The number of ketones is 1. The molecule has 140 valence electrons. The first kappa shape index (κ1) is 18.8. The van der Waals surface area contributed by atoms with Gasteiger partial charge in [-0.05, 0) is 49.2 Å². The zero-order valence-electron chi connectivity index (χ0n) is 15.0. The number of rotatable bonds is 6. The Kier molecular flexibility index (Phi) is 5.64. The van der Waals surface area contributed by atoms with E-state index in [2.05, 4.69) is 0 Å². The van der Waals surface area contributed by atoms with Crippen LogP contribution in [0.2, 0.25) is 0 Å². The fourth-order valence-electron chi connectivity index (χ4n) is 3.23. The van der Waals surface area contributed by atoms with Gasteiger partial charge in [0, 0.05) is 23.7 Å². The number of amides is 1. The van der Waals surface area contributed by atoms with Crippen LogP contribution in [0.5, 0.6) is 0 Å². The van der Waals surface area contributed by atoms with Crippen molar-refractivity contribution in [2.75, 3.05) is 11.5 Å². The van der Waals surface area contributed by atoms with Crippen molar-refractivity contribution in [1.82, 2.24) is 0 Å². The molecule has 1 aliphatic rings. The molecule has 2 aromatic rings. The Morgan fingerprint density at radius 1 is 1.07 bits per heavy atom. The summed E-state index contributed by atoms with van der Waals surface area (Å²) in [6, 6.07) is 12.8. The largest absolute Gasteiger partial charge is 0.456 e. The molecule has 0 N–H and O–H groups in total. The summed E-state index contributed by atoms with van der Waals surface area (Å²) >= 11 is 0. The SMILES string of the molecule is C[C@@H]1Cc2ccccc2N1C(=O)COC(=O)CCC(=O)c1ccc(F)cc1. The van der Waals surface area contributed by atoms with E-state index in [-0.39, 0.29) is 37.2 Å². The fraction of sp³-hybridized carbons (Fsp3) is 0.286. The minimum absolute atomic E-state index is 0.00801. The standard InChI is InChI=1S/C21H20FNO4/c1-14-12-16-4-2-3-5-18(16)23(14)20(25)13-27-21(26)11-10-19(24)15-6-8-17(22)9-7-15/h2-9,14H,10-13H2,1H3/t14-/m1/s1. The quantitative estimate of drug-likeness (QED) is 0.579. The number of nitrogens with zero attached hydrogens (tertiary/aromatic N) is 1. The zero-order chi connectivity index (χ0) is 19.4. The van der Waals surface area contributed by atoms with Crippen LogP contribution in [0.15, 0.2) is 48.5 Å². The van der Waals surface area contributed by atoms with Crippen molar-refractivity contribution in [2.24, 2.45) is 0 Å². The van der Waals surface area contributed by atoms with Gasteiger partial charge in [0.25, 0.3) is 5.91 Å². The summed E-state index contributed by atoms with van der Waals surface area (Å²) in [5.74, 6) is -1.60. The lowest BCUT2D eigenvalue weighted by molar-refractivity contribution is -0.147. The van der Waals surface area contributed by atoms with Gasteiger partial charge in [-0.2, -0.15) is 0 Å². The number of carbonyl (C=O) groups is 3. The van der Waals surface area contributed by atoms with Crippen LogP contribution in [0.3, 0.4) is 0 Å². The van der Waals surface area contributed by atoms with Crippen LogP contribution < -0.4 is 4.90 Å². The highest BCUT2D eigenvalue weighted by molar-refractivity contribution is 5.99. The molecular formula is C21H20FNO4. The van der Waals surface area contributed by atoms with Crippen LogP contribution >= 0.6 is 0 Å². The first-order valence-electron chi connectivity index (χ1n) is 8.80. The molecule has 0 saturated heterocycles. The Bertz CT molecular complexity index is 863. The highest BCUT2D eigenvalue weighted by Crippen LogP contribution is 2.31. The lowest BCUT2D eigenvalue weighted by atomic mass is 10.1. The Morgan fingerprint density at radius 3 is 2.52 bits per heavy atom. The average molecular weight is 369 g/mol. The first-order chi connectivity index (χ1) is 13.0. The second kappa shape index (κ2) is 8.12. The van der Waals surface area contributed by atoms with Gasteiger partial charge in [-0.3, -0.25) is 14.4 Å². The predicted octanol–water partition coefficient (Wildman–Crippen LogP) is 3.31. The number of carbonyl (C=O) groups excluding carboxylic acids is 3. The van der Waals surface area contributed by atoms with Crippen molar-refractivity contribution in [3.8, 4) is 0 Å². The minimum atomic E-state index is -0.612. The Hall–Kier alpha value is -3.02. The lowest BCUT2D eigenvalue weighted by Gasteiger charge is -2.22. The Labute approximate surface area is 156 Å². The van der Waals surface area contributed by atoms with E-state index in [1.165, 1.54) is 24.3 Å². The Morgan fingerprint density at radius 2 is 1.78 bits per heavy atom. The van der Waals surface area contributed by atoms with E-state index in [1.807, 2.05) is 31.2 Å². The van der Waals surface area contributed by atoms with Gasteiger partial charge in [-0.1, -0.05) is 18.2 Å². The molecular weight excluding hydrogens is 349 g/mol. The van der Waals surface area contributed by atoms with Crippen molar-refractivity contribution in [2.45, 2.75) is 32.2 Å². The van der Waals surface area contributed by atoms with Crippen LogP contribution in [-0.4, -0.2) is 30.3 Å². The summed E-state index contributed by atoms with van der Waals surface area (Å²) in [7, 11) is 0. The van der Waals surface area contributed by atoms with Crippen LogP contribution in [0.1, 0.15) is 35.7 Å². The maximum atomic E-state index is 12.9. The van der Waals surface area contributed by atoms with Crippen LogP contribution in [-0.2, 0) is 20.7 Å². The number of halogens is 1. The fourth-order valence-corrected chi connectivity index (χ4v) is 3.23. The number of anilines is 1. The second-order valence-electron chi connectivity index (χ2n) is 6.54. The molecule has 1 aliphatic heterocycles. The topological polar surface area (TPSA) is 63.7 Å². The molecule has 0 aliphatic carbocycles. The van der Waals surface area contributed by atoms with Crippen molar-refractivity contribution >= 4 is 23.3 Å². The number of para-hydroxylation sites is 1. The number of esters is 1. The van der Waals surface area contributed by atoms with Gasteiger partial charge in [0.15, 0.2) is 12.4 Å². The molecule has 27 heavy (non-hydrogen) atoms. The summed E-state index contributed by atoms with van der Waals surface area (Å²) < 4.78 is 17.9. The zero-order valence-corrected chi connectivity index (χ0v) is 15.0. The summed E-state index contributed by atoms with van der Waals surface area (Å²) in [5, 5.41) is 0. The van der Waals surface area contributed by atoms with E-state index in [9.17, 15) is 18.8 Å². The van der Waals surface area contributed by atoms with Gasteiger partial charge >= 0.3 is 5.97 Å². The number of benzene rings is 2. The molecule has 1 atom stereocenters. The predicted molar refractivity (Wildman–Crippen MR) is 98.0 cm³/mol. The molecule has 5 nitrogen and oxygen atoms in total. The van der Waals surface area contributed by atoms with Crippen LogP contribution in [0, 0.1) is 5.82 Å². The third-order valence-corrected chi connectivity index (χ3v) is 4.55. The number of hydrogen-bond donors (Lipinski definition) is 0. The number of hydrogen-bond acceptors (Lipinski definition) is 4. The normalized spacial score (nSPS) is 15.3. The molecule has 0 fully saturated rings. The van der Waals surface area contributed by atoms with Gasteiger partial charge in [0.1, 0.15) is 5.82 Å². The van der Waals surface area contributed by atoms with Gasteiger partial charge in [0.2, 0.25) is 0 Å². The van der Waals surface area contributed by atoms with E-state index in [4.69, 9.17) is 4.74 Å². The van der Waals surface area contributed by atoms with E-state index >= 15 is 0 Å². The molecule has 0 saturated carbocycles. The molecule has 0 spiro atoms. The smallest absolute Gasteiger partial charge is 0.306 e. The maximum absolute atomic E-state index is 12.9. The van der Waals surface area contributed by atoms with Gasteiger partial charge in [-0.25, -0.2) is 4.39 Å². The van der Waals surface area contributed by atoms with Gasteiger partial charge in [-0.15, -0.1) is 0 Å². The summed E-state index contributed by atoms with van der Waals surface area (Å²) in [4.78, 5) is 38.0. The highest BCUT2D eigenvalue weighted by Gasteiger charge is 2.30. The molecule has 1 heterocycles. The molecule has 2 aromatic carbocycles. The molecule has 6 heteroatoms. The molecule has 0 unspecified atom stereocenters. The summed E-state index contributed by atoms with van der Waals surface area (Å²) in [5.41, 5.74) is 2.27. The first-order valence-corrected chi connectivity index (χ1v) is 8.80. The monoisotopic (exact) mass is 369 g/mol. The molecule has 0 bridgehead atoms. The van der Waals surface area contributed by atoms with E-state index < -0.39 is 11.8 Å². The molecule has 0 radical (unpaired) electrons. The minimum Gasteiger partial charge on any atom is -0.456 e. The van der Waals surface area contributed by atoms with E-state index in [0.717, 1.165) is 17.7 Å². The maximum Gasteiger partial charge on any atom is 0.306 e. The number of Topliss-reactive ketones (excluding diaryl/α,β-unsaturated/α-hetero) is 1. The molecule has 0 aromatic heterocycles. The van der Waals surface area contributed by atoms with E-state index in [0.29, 0.717) is 5.56 Å². The van der Waals surface area contributed by atoms with Gasteiger partial charge < -0.3 is 9.64 Å². The average Bonchev–Trinajstić information content (AvgIpc) is 3.00. The lowest BCUT2D eigenvalue weighted by Crippen LogP contribution is -2.38. The van der Waals surface area contributed by atoms with Crippen molar-refractivity contribution in [1.29, 1.82) is 0 Å². The van der Waals surface area contributed by atoms with Crippen molar-refractivity contribution in [3.63, 3.8) is 0 Å².